The van der Waals surface area contributed by atoms with Crippen molar-refractivity contribution in [1.29, 1.82) is 0 Å². The number of amides is 1. The molecule has 2 aromatic carbocycles. The lowest BCUT2D eigenvalue weighted by molar-refractivity contribution is -0.121. The van der Waals surface area contributed by atoms with E-state index in [9.17, 15) is 14.0 Å². The number of aromatic nitrogens is 2. The fraction of sp³-hybridized carbons (Fsp3) is 0.318. The van der Waals surface area contributed by atoms with Gasteiger partial charge >= 0.3 is 0 Å². The molecular weight excluding hydrogens is 371 g/mol. The summed E-state index contributed by atoms with van der Waals surface area (Å²) in [5.41, 5.74) is 1.16. The second kappa shape index (κ2) is 8.13. The first kappa shape index (κ1) is 19.3. The van der Waals surface area contributed by atoms with E-state index in [-0.39, 0.29) is 29.2 Å². The standard InChI is InChI=1S/C22H23FN4O2/c1-14(20-25-19-5-3-2-4-18(19)22(29)26-20)27-12-10-15(11-13-27)21(28)24-17-8-6-16(23)7-9-17/h2-9,14-15H,10-13H2,1H3,(H,24,28)(H,25,26,29). The van der Waals surface area contributed by atoms with E-state index in [0.717, 1.165) is 25.9 Å². The Labute approximate surface area is 167 Å². The van der Waals surface area contributed by atoms with Gasteiger partial charge in [0.1, 0.15) is 11.6 Å². The number of hydrogen-bond acceptors (Lipinski definition) is 4. The topological polar surface area (TPSA) is 78.1 Å². The molecular formula is C22H23FN4O2. The Hall–Kier alpha value is -3.06. The molecule has 1 atom stereocenters. The van der Waals surface area contributed by atoms with Crippen molar-refractivity contribution in [3.8, 4) is 0 Å². The highest BCUT2D eigenvalue weighted by Gasteiger charge is 2.28. The Morgan fingerprint density at radius 2 is 1.86 bits per heavy atom. The fourth-order valence-electron chi connectivity index (χ4n) is 3.80. The van der Waals surface area contributed by atoms with Crippen molar-refractivity contribution >= 4 is 22.5 Å². The number of aromatic amines is 1. The summed E-state index contributed by atoms with van der Waals surface area (Å²) in [5, 5.41) is 3.44. The summed E-state index contributed by atoms with van der Waals surface area (Å²) in [6.07, 6.45) is 1.43. The van der Waals surface area contributed by atoms with Crippen LogP contribution < -0.4 is 10.9 Å². The average Bonchev–Trinajstić information content (AvgIpc) is 2.75. The Morgan fingerprint density at radius 1 is 1.17 bits per heavy atom. The van der Waals surface area contributed by atoms with Crippen LogP contribution in [0.5, 0.6) is 0 Å². The van der Waals surface area contributed by atoms with Crippen LogP contribution in [0, 0.1) is 11.7 Å². The van der Waals surface area contributed by atoms with Gasteiger partial charge in [-0.05, 0) is 69.3 Å². The number of carbonyl (C=O) groups excluding carboxylic acids is 1. The predicted octanol–water partition coefficient (Wildman–Crippen LogP) is 3.47. The molecule has 0 saturated carbocycles. The van der Waals surface area contributed by atoms with E-state index < -0.39 is 0 Å². The molecule has 3 aromatic rings. The van der Waals surface area contributed by atoms with E-state index >= 15 is 0 Å². The van der Waals surface area contributed by atoms with Gasteiger partial charge in [-0.25, -0.2) is 9.37 Å². The highest BCUT2D eigenvalue weighted by molar-refractivity contribution is 5.92. The zero-order valence-electron chi connectivity index (χ0n) is 16.2. The second-order valence-corrected chi connectivity index (χ2v) is 7.45. The molecule has 1 saturated heterocycles. The molecule has 4 rings (SSSR count). The van der Waals surface area contributed by atoms with Gasteiger partial charge in [-0.1, -0.05) is 12.1 Å². The molecule has 1 aliphatic heterocycles. The molecule has 2 N–H and O–H groups in total. The number of nitrogens with one attached hydrogen (secondary N) is 2. The molecule has 1 unspecified atom stereocenters. The molecule has 7 heteroatoms. The molecule has 6 nitrogen and oxygen atoms in total. The molecule has 150 valence electrons. The highest BCUT2D eigenvalue weighted by Crippen LogP contribution is 2.26. The number of carbonyl (C=O) groups is 1. The lowest BCUT2D eigenvalue weighted by Crippen LogP contribution is -2.40. The van der Waals surface area contributed by atoms with Crippen LogP contribution in [0.4, 0.5) is 10.1 Å². The van der Waals surface area contributed by atoms with E-state index in [4.69, 9.17) is 0 Å². The van der Waals surface area contributed by atoms with Crippen molar-refractivity contribution in [3.63, 3.8) is 0 Å². The van der Waals surface area contributed by atoms with Gasteiger partial charge in [0, 0.05) is 11.6 Å². The van der Waals surface area contributed by atoms with Gasteiger partial charge in [-0.15, -0.1) is 0 Å². The van der Waals surface area contributed by atoms with Crippen molar-refractivity contribution in [2.45, 2.75) is 25.8 Å². The first-order chi connectivity index (χ1) is 14.0. The zero-order valence-corrected chi connectivity index (χ0v) is 16.2. The third-order valence-corrected chi connectivity index (χ3v) is 5.59. The quantitative estimate of drug-likeness (QED) is 0.710. The summed E-state index contributed by atoms with van der Waals surface area (Å²) in [6, 6.07) is 13.0. The molecule has 1 amide bonds. The van der Waals surface area contributed by atoms with E-state index in [0.29, 0.717) is 22.4 Å². The molecule has 29 heavy (non-hydrogen) atoms. The Balaban J connectivity index is 1.39. The van der Waals surface area contributed by atoms with Crippen molar-refractivity contribution in [2.75, 3.05) is 18.4 Å². The van der Waals surface area contributed by atoms with Crippen LogP contribution in [0.1, 0.15) is 31.6 Å². The Bertz CT molecular complexity index is 1070. The third kappa shape index (κ3) is 4.19. The summed E-state index contributed by atoms with van der Waals surface area (Å²) >= 11 is 0. The maximum absolute atomic E-state index is 13.0. The van der Waals surface area contributed by atoms with Crippen molar-refractivity contribution in [2.24, 2.45) is 5.92 Å². The number of H-pyrrole nitrogens is 1. The van der Waals surface area contributed by atoms with Gasteiger partial charge in [0.25, 0.3) is 5.56 Å². The normalized spacial score (nSPS) is 16.6. The third-order valence-electron chi connectivity index (χ3n) is 5.59. The number of fused-ring (bicyclic) bond motifs is 1. The van der Waals surface area contributed by atoms with Crippen LogP contribution in [-0.2, 0) is 4.79 Å². The molecule has 0 bridgehead atoms. The minimum absolute atomic E-state index is 0.0406. The molecule has 2 heterocycles. The van der Waals surface area contributed by atoms with Crippen LogP contribution in [0.2, 0.25) is 0 Å². The van der Waals surface area contributed by atoms with Gasteiger partial charge in [0.2, 0.25) is 5.91 Å². The number of piperidine rings is 1. The van der Waals surface area contributed by atoms with Crippen molar-refractivity contribution < 1.29 is 9.18 Å². The smallest absolute Gasteiger partial charge is 0.258 e. The van der Waals surface area contributed by atoms with E-state index in [1.807, 2.05) is 25.1 Å². The summed E-state index contributed by atoms with van der Waals surface area (Å²) in [5.74, 6) is 0.182. The molecule has 0 spiro atoms. The number of likely N-dealkylation sites (tertiary alicyclic amines) is 1. The van der Waals surface area contributed by atoms with Gasteiger partial charge in [-0.3, -0.25) is 14.5 Å². The second-order valence-electron chi connectivity index (χ2n) is 7.45. The van der Waals surface area contributed by atoms with Gasteiger partial charge in [0.05, 0.1) is 16.9 Å². The number of halogens is 1. The van der Waals surface area contributed by atoms with Crippen molar-refractivity contribution in [3.05, 3.63) is 70.5 Å². The largest absolute Gasteiger partial charge is 0.326 e. The Kier molecular flexibility index (Phi) is 5.40. The maximum Gasteiger partial charge on any atom is 0.258 e. The number of anilines is 1. The van der Waals surface area contributed by atoms with E-state index in [1.165, 1.54) is 12.1 Å². The van der Waals surface area contributed by atoms with Gasteiger partial charge in [0.15, 0.2) is 0 Å². The van der Waals surface area contributed by atoms with Crippen LogP contribution in [0.15, 0.2) is 53.3 Å². The summed E-state index contributed by atoms with van der Waals surface area (Å²) in [6.45, 7) is 3.49. The van der Waals surface area contributed by atoms with Crippen LogP contribution in [0.3, 0.4) is 0 Å². The minimum Gasteiger partial charge on any atom is -0.326 e. The minimum atomic E-state index is -0.328. The number of para-hydroxylation sites is 1. The lowest BCUT2D eigenvalue weighted by Gasteiger charge is -2.35. The number of benzene rings is 2. The highest BCUT2D eigenvalue weighted by atomic mass is 19.1. The van der Waals surface area contributed by atoms with Crippen LogP contribution in [0.25, 0.3) is 10.9 Å². The number of nitrogens with zero attached hydrogens (tertiary/aromatic N) is 2. The first-order valence-corrected chi connectivity index (χ1v) is 9.81. The molecule has 1 aromatic heterocycles. The maximum atomic E-state index is 13.0. The average molecular weight is 394 g/mol. The molecule has 1 aliphatic rings. The van der Waals surface area contributed by atoms with Gasteiger partial charge < -0.3 is 10.3 Å². The molecule has 0 radical (unpaired) electrons. The van der Waals surface area contributed by atoms with E-state index in [2.05, 4.69) is 20.2 Å². The SMILES string of the molecule is CC(c1nc2ccccc2c(=O)[nH]1)N1CCC(C(=O)Nc2ccc(F)cc2)CC1. The summed E-state index contributed by atoms with van der Waals surface area (Å²) in [7, 11) is 0. The monoisotopic (exact) mass is 394 g/mol. The zero-order chi connectivity index (χ0) is 20.4. The number of rotatable bonds is 4. The van der Waals surface area contributed by atoms with Crippen molar-refractivity contribution in [1.82, 2.24) is 14.9 Å². The summed E-state index contributed by atoms with van der Waals surface area (Å²) < 4.78 is 13.0. The molecule has 0 aliphatic carbocycles. The lowest BCUT2D eigenvalue weighted by atomic mass is 9.94. The fourth-order valence-corrected chi connectivity index (χ4v) is 3.80. The first-order valence-electron chi connectivity index (χ1n) is 9.81. The molecule has 1 fully saturated rings. The van der Waals surface area contributed by atoms with Crippen LogP contribution in [-0.4, -0.2) is 33.9 Å². The number of hydrogen-bond donors (Lipinski definition) is 2. The predicted molar refractivity (Wildman–Crippen MR) is 110 cm³/mol. The van der Waals surface area contributed by atoms with Crippen LogP contribution >= 0.6 is 0 Å². The van der Waals surface area contributed by atoms with Gasteiger partial charge in [-0.2, -0.15) is 0 Å². The van der Waals surface area contributed by atoms with E-state index in [1.54, 1.807) is 18.2 Å². The Morgan fingerprint density at radius 3 is 2.59 bits per heavy atom. The summed E-state index contributed by atoms with van der Waals surface area (Å²) in [4.78, 5) is 34.6.